The molecule has 16 nitrogen and oxygen atoms in total. The maximum atomic E-state index is 13.6. The van der Waals surface area contributed by atoms with Crippen molar-refractivity contribution in [3.63, 3.8) is 0 Å². The smallest absolute Gasteiger partial charge is 0.353 e. The van der Waals surface area contributed by atoms with Crippen molar-refractivity contribution in [1.82, 2.24) is 15.0 Å². The highest BCUT2D eigenvalue weighted by Gasteiger charge is 2.28. The first kappa shape index (κ1) is 55.5. The highest BCUT2D eigenvalue weighted by atomic mass is 16.6. The van der Waals surface area contributed by atoms with Gasteiger partial charge in [0.15, 0.2) is 0 Å². The van der Waals surface area contributed by atoms with Gasteiger partial charge in [-0.3, -0.25) is 0 Å². The number of aliphatic carboxylic acids is 2. The lowest BCUT2D eigenvalue weighted by atomic mass is 9.91. The lowest BCUT2D eigenvalue weighted by molar-refractivity contribution is -0.140. The Morgan fingerprint density at radius 1 is 0.529 bits per heavy atom. The van der Waals surface area contributed by atoms with E-state index in [2.05, 4.69) is 120 Å². The molecule has 376 valence electrons. The molecule has 70 heavy (non-hydrogen) atoms. The molecule has 0 atom stereocenters. The normalized spacial score (nSPS) is 12.5. The molecule has 4 rings (SSSR count). The van der Waals surface area contributed by atoms with Gasteiger partial charge in [-0.1, -0.05) is 121 Å². The Labute approximate surface area is 412 Å². The lowest BCUT2D eigenvalue weighted by Crippen LogP contribution is -2.38. The summed E-state index contributed by atoms with van der Waals surface area (Å²) in [7, 11) is 0. The topological polar surface area (TPSA) is 211 Å². The summed E-state index contributed by atoms with van der Waals surface area (Å²) >= 11 is 0. The van der Waals surface area contributed by atoms with E-state index in [0.29, 0.717) is 11.1 Å². The standard InChI is InChI=1S/C54H70N6O10/c1-14-15-28-55-38-22-20-37(21-23-38)45(65)68-48-56-49(69-46(66)41(43(61)62)29-35-16-24-39(25-17-35)59(31-51(2,3)4)32-52(5,6)7)58-50(57-48)70-47(67)42(44(63)64)30-36-18-26-40(27-19-36)60(33-53(8,9)10)34-54(11,12)13/h16-27,29-30,55H,14-15,28,31-34H2,1-13H3,(H,61,62)(H,63,64)/b41-29-,42-30+. The molecule has 0 saturated heterocycles. The van der Waals surface area contributed by atoms with E-state index in [0.717, 1.165) is 74.8 Å². The second-order valence-electron chi connectivity index (χ2n) is 22.1. The van der Waals surface area contributed by atoms with Crippen LogP contribution in [-0.4, -0.2) is 87.7 Å². The lowest BCUT2D eigenvalue weighted by Gasteiger charge is -2.36. The molecule has 0 bridgehead atoms. The molecule has 0 radical (unpaired) electrons. The van der Waals surface area contributed by atoms with Crippen LogP contribution >= 0.6 is 0 Å². The zero-order valence-corrected chi connectivity index (χ0v) is 42.9. The van der Waals surface area contributed by atoms with Gasteiger partial charge in [-0.05, 0) is 99.9 Å². The van der Waals surface area contributed by atoms with E-state index in [1.165, 1.54) is 12.1 Å². The first-order valence-corrected chi connectivity index (χ1v) is 23.3. The van der Waals surface area contributed by atoms with Crippen molar-refractivity contribution in [1.29, 1.82) is 0 Å². The number of hydrogen-bond acceptors (Lipinski definition) is 14. The number of carbonyl (C=O) groups is 5. The predicted octanol–water partition coefficient (Wildman–Crippen LogP) is 10.2. The second kappa shape index (κ2) is 23.5. The van der Waals surface area contributed by atoms with Crippen molar-refractivity contribution >= 4 is 59.1 Å². The maximum Gasteiger partial charge on any atom is 0.353 e. The molecule has 0 saturated carbocycles. The minimum Gasteiger partial charge on any atom is -0.477 e. The SMILES string of the molecule is CCCCNc1ccc(C(=O)Oc2nc(OC(=O)/C(=C\c3ccc(N(CC(C)(C)C)CC(C)(C)C)cc3)C(=O)O)nc(OC(=O)/C(=C/c3ccc(N(CC(C)(C)C)CC(C)(C)C)cc3)C(=O)O)n2)cc1. The van der Waals surface area contributed by atoms with Gasteiger partial charge in [0.05, 0.1) is 5.56 Å². The van der Waals surface area contributed by atoms with Crippen LogP contribution in [0.5, 0.6) is 18.0 Å². The molecule has 0 aliphatic rings. The third-order valence-corrected chi connectivity index (χ3v) is 9.81. The maximum absolute atomic E-state index is 13.6. The number of nitrogens with one attached hydrogen (secondary N) is 1. The summed E-state index contributed by atoms with van der Waals surface area (Å²) in [6.45, 7) is 31.5. The summed E-state index contributed by atoms with van der Waals surface area (Å²) in [5.74, 6) is -7.10. The minimum atomic E-state index is -1.64. The van der Waals surface area contributed by atoms with Gasteiger partial charge in [-0.15, -0.1) is 15.0 Å². The van der Waals surface area contributed by atoms with E-state index in [9.17, 15) is 34.2 Å². The van der Waals surface area contributed by atoms with Crippen molar-refractivity contribution in [3.8, 4) is 18.0 Å². The Morgan fingerprint density at radius 3 is 1.19 bits per heavy atom. The summed E-state index contributed by atoms with van der Waals surface area (Å²) in [6, 6.07) is 17.7. The average Bonchev–Trinajstić information content (AvgIpc) is 3.22. The fourth-order valence-corrected chi connectivity index (χ4v) is 7.09. The van der Waals surface area contributed by atoms with E-state index in [4.69, 9.17) is 14.2 Å². The number of aromatic nitrogens is 3. The number of benzene rings is 3. The summed E-state index contributed by atoms with van der Waals surface area (Å²) < 4.78 is 16.0. The number of rotatable bonds is 20. The first-order valence-electron chi connectivity index (χ1n) is 23.3. The molecule has 0 unspecified atom stereocenters. The van der Waals surface area contributed by atoms with E-state index < -0.39 is 59.0 Å². The molecule has 0 aliphatic carbocycles. The Morgan fingerprint density at radius 2 is 0.871 bits per heavy atom. The first-order chi connectivity index (χ1) is 32.5. The van der Waals surface area contributed by atoms with Gasteiger partial charge >= 0.3 is 47.9 Å². The number of anilines is 3. The summed E-state index contributed by atoms with van der Waals surface area (Å²) in [4.78, 5) is 81.6. The van der Waals surface area contributed by atoms with Gasteiger partial charge < -0.3 is 39.5 Å². The monoisotopic (exact) mass is 963 g/mol. The van der Waals surface area contributed by atoms with Gasteiger partial charge in [-0.2, -0.15) is 0 Å². The van der Waals surface area contributed by atoms with Crippen LogP contribution in [0.2, 0.25) is 0 Å². The van der Waals surface area contributed by atoms with Gasteiger partial charge in [0.1, 0.15) is 11.1 Å². The number of unbranched alkanes of at least 4 members (excludes halogenated alkanes) is 1. The number of nitrogens with zero attached hydrogens (tertiary/aromatic N) is 5. The molecule has 3 aromatic carbocycles. The Hall–Kier alpha value is -7.10. The molecule has 0 fully saturated rings. The summed E-state index contributed by atoms with van der Waals surface area (Å²) in [5.41, 5.74) is 1.67. The molecular formula is C54H70N6O10. The number of carboxylic acids is 2. The predicted molar refractivity (Wildman–Crippen MR) is 272 cm³/mol. The van der Waals surface area contributed by atoms with E-state index in [1.807, 2.05) is 24.3 Å². The molecule has 16 heteroatoms. The minimum absolute atomic E-state index is 0.0184. The van der Waals surface area contributed by atoms with Crippen LogP contribution in [0.3, 0.4) is 0 Å². The van der Waals surface area contributed by atoms with Crippen molar-refractivity contribution < 1.29 is 48.4 Å². The third-order valence-electron chi connectivity index (χ3n) is 9.81. The molecule has 0 spiro atoms. The molecule has 0 amide bonds. The van der Waals surface area contributed by atoms with Gasteiger partial charge in [0, 0.05) is 49.8 Å². The number of esters is 3. The van der Waals surface area contributed by atoms with Crippen LogP contribution in [0, 0.1) is 21.7 Å². The van der Waals surface area contributed by atoms with Crippen LogP contribution < -0.4 is 29.3 Å². The van der Waals surface area contributed by atoms with Crippen LogP contribution in [0.4, 0.5) is 17.1 Å². The molecule has 1 aromatic heterocycles. The molecular weight excluding hydrogens is 893 g/mol. The number of ether oxygens (including phenoxy) is 3. The van der Waals surface area contributed by atoms with E-state index >= 15 is 0 Å². The van der Waals surface area contributed by atoms with Crippen molar-refractivity contribution in [2.75, 3.05) is 47.8 Å². The Kier molecular flexibility index (Phi) is 18.6. The van der Waals surface area contributed by atoms with E-state index in [1.54, 1.807) is 36.4 Å². The summed E-state index contributed by atoms with van der Waals surface area (Å²) in [5, 5.41) is 23.6. The van der Waals surface area contributed by atoms with Crippen molar-refractivity contribution in [3.05, 3.63) is 101 Å². The fourth-order valence-electron chi connectivity index (χ4n) is 7.09. The van der Waals surface area contributed by atoms with Gasteiger partial charge in [0.2, 0.25) is 0 Å². The Bertz CT molecular complexity index is 2350. The molecule has 0 aliphatic heterocycles. The molecule has 4 aromatic rings. The fraction of sp³-hybridized carbons (Fsp3) is 0.444. The summed E-state index contributed by atoms with van der Waals surface area (Å²) in [6.07, 6.45) is 4.16. The van der Waals surface area contributed by atoms with E-state index in [-0.39, 0.29) is 27.2 Å². The van der Waals surface area contributed by atoms with Gasteiger partial charge in [-0.25, -0.2) is 24.0 Å². The van der Waals surface area contributed by atoms with Crippen molar-refractivity contribution in [2.24, 2.45) is 21.7 Å². The zero-order chi connectivity index (χ0) is 52.2. The van der Waals surface area contributed by atoms with Crippen molar-refractivity contribution in [2.45, 2.75) is 103 Å². The highest BCUT2D eigenvalue weighted by molar-refractivity contribution is 6.18. The van der Waals surface area contributed by atoms with Gasteiger partial charge in [0.25, 0.3) is 0 Å². The molecule has 1 heterocycles. The highest BCUT2D eigenvalue weighted by Crippen LogP contribution is 2.29. The zero-order valence-electron chi connectivity index (χ0n) is 42.9. The van der Waals surface area contributed by atoms with Crippen LogP contribution in [0.1, 0.15) is 124 Å². The van der Waals surface area contributed by atoms with Crippen LogP contribution in [0.25, 0.3) is 12.2 Å². The van der Waals surface area contributed by atoms with Crippen LogP contribution in [-0.2, 0) is 19.2 Å². The number of carbonyl (C=O) groups excluding carboxylic acids is 3. The third kappa shape index (κ3) is 18.8. The average molecular weight is 963 g/mol. The largest absolute Gasteiger partial charge is 0.477 e. The molecule has 3 N–H and O–H groups in total. The second-order valence-corrected chi connectivity index (χ2v) is 22.1. The Balaban J connectivity index is 1.68. The van der Waals surface area contributed by atoms with Crippen LogP contribution in [0.15, 0.2) is 83.9 Å². The quantitative estimate of drug-likeness (QED) is 0.0247. The number of carboxylic acid groups (broad SMARTS) is 2. The number of hydrogen-bond donors (Lipinski definition) is 3.